The number of esters is 2. The van der Waals surface area contributed by atoms with Gasteiger partial charge in [-0.05, 0) is 37.8 Å². The molecule has 0 aromatic heterocycles. The summed E-state index contributed by atoms with van der Waals surface area (Å²) in [6.07, 6.45) is 32.5. The number of carbonyl (C=O) groups excluding carboxylic acids is 4. The van der Waals surface area contributed by atoms with Gasteiger partial charge in [-0.3, -0.25) is 8.06 Å². The smallest absolute Gasteiger partial charge is 0.182 e. The number of hydrogen-bond donors (Lipinski definition) is 2. The molecule has 1 saturated carbocycles. The van der Waals surface area contributed by atoms with Crippen molar-refractivity contribution in [1.82, 2.24) is 10.6 Å². The maximum atomic E-state index is 12.5. The molecule has 1 aliphatic carbocycles. The van der Waals surface area contributed by atoms with Crippen LogP contribution in [0.4, 0.5) is 0 Å². The molecule has 1 heterocycles. The predicted molar refractivity (Wildman–Crippen MR) is 343 cm³/mol. The van der Waals surface area contributed by atoms with E-state index >= 15 is 0 Å². The Kier molecular flexibility index (Phi) is 43.0. The van der Waals surface area contributed by atoms with Crippen LogP contribution in [0.2, 0.25) is 26.6 Å². The number of hydrogen-bond acceptors (Lipinski definition) is 8. The van der Waals surface area contributed by atoms with Crippen molar-refractivity contribution < 1.29 is 31.7 Å². The van der Waals surface area contributed by atoms with Crippen molar-refractivity contribution in [3.8, 4) is 0 Å². The summed E-state index contributed by atoms with van der Waals surface area (Å²) in [6.45, 7) is 27.9. The molecule has 1 aromatic rings. The van der Waals surface area contributed by atoms with Crippen molar-refractivity contribution in [2.24, 2.45) is 34.6 Å². The van der Waals surface area contributed by atoms with E-state index in [0.717, 1.165) is 35.7 Å². The van der Waals surface area contributed by atoms with Crippen molar-refractivity contribution in [3.63, 3.8) is 0 Å². The van der Waals surface area contributed by atoms with Crippen LogP contribution in [0.15, 0.2) is 80.0 Å². The van der Waals surface area contributed by atoms with Gasteiger partial charge in [-0.25, -0.2) is 0 Å². The van der Waals surface area contributed by atoms with Crippen LogP contribution in [-0.4, -0.2) is 98.1 Å². The van der Waals surface area contributed by atoms with E-state index in [1.807, 2.05) is 70.2 Å². The van der Waals surface area contributed by atoms with E-state index in [9.17, 15) is 22.2 Å². The third kappa shape index (κ3) is 32.5. The van der Waals surface area contributed by atoms with E-state index in [-0.39, 0.29) is 65.6 Å². The van der Waals surface area contributed by atoms with Gasteiger partial charge in [-0.15, -0.1) is 0 Å². The molecule has 2 amide bonds. The van der Waals surface area contributed by atoms with E-state index in [2.05, 4.69) is 91.4 Å². The van der Waals surface area contributed by atoms with Crippen molar-refractivity contribution >= 4 is 87.4 Å². The summed E-state index contributed by atoms with van der Waals surface area (Å²) in [5.74, 6) is -0.143. The van der Waals surface area contributed by atoms with Crippen LogP contribution in [0.25, 0.3) is 0 Å². The van der Waals surface area contributed by atoms with Crippen LogP contribution in [0.5, 0.6) is 0 Å². The number of ether oxygens (including phenoxy) is 2. The average Bonchev–Trinajstić information content (AvgIpc) is 4.21. The zero-order chi connectivity index (χ0) is 58.0. The Labute approximate surface area is 495 Å². The topological polar surface area (TPSA) is 140 Å². The van der Waals surface area contributed by atoms with Gasteiger partial charge in [0.2, 0.25) is 0 Å². The quantitative estimate of drug-likeness (QED) is 0.0293. The number of benzene rings is 1. The Morgan fingerprint density at radius 3 is 1.33 bits per heavy atom. The van der Waals surface area contributed by atoms with Gasteiger partial charge in [-0.1, -0.05) is 31.0 Å². The van der Waals surface area contributed by atoms with Crippen molar-refractivity contribution in [2.75, 3.05) is 19.6 Å². The van der Waals surface area contributed by atoms with Crippen molar-refractivity contribution in [3.05, 3.63) is 78.5 Å². The molecule has 10 nitrogen and oxygen atoms in total. The van der Waals surface area contributed by atoms with E-state index in [1.54, 1.807) is 12.2 Å². The number of rotatable bonds is 37. The fourth-order valence-corrected chi connectivity index (χ4v) is 40.1. The molecule has 0 spiro atoms. The summed E-state index contributed by atoms with van der Waals surface area (Å²) < 4.78 is 36.7. The van der Waals surface area contributed by atoms with Gasteiger partial charge in [-0.2, -0.15) is 0 Å². The third-order valence-corrected chi connectivity index (χ3v) is 45.2. The second-order valence-electron chi connectivity index (χ2n) is 23.1. The van der Waals surface area contributed by atoms with Crippen LogP contribution < -0.4 is 10.6 Å². The van der Waals surface area contributed by atoms with Gasteiger partial charge in [0, 0.05) is 10.1 Å². The largest absolute Gasteiger partial charge is 0.265 e. The van der Waals surface area contributed by atoms with Crippen molar-refractivity contribution in [1.29, 1.82) is 0 Å². The molecular formula is C65H112IN3O7Sn2. The maximum absolute atomic E-state index is 12.5. The van der Waals surface area contributed by atoms with Crippen LogP contribution in [-0.2, 0) is 31.7 Å². The van der Waals surface area contributed by atoms with Gasteiger partial charge in [0.15, 0.2) is 21.2 Å². The Bertz CT molecular complexity index is 1900. The Morgan fingerprint density at radius 1 is 0.603 bits per heavy atom. The van der Waals surface area contributed by atoms with Crippen LogP contribution >= 0.6 is 21.2 Å². The number of halogens is 1. The molecule has 0 saturated heterocycles. The SMILES string of the molecule is CCC[CH2][Sn](/[CH]=C/CNC(=O)/C=C/[C@@H](C)[C@H](OC(=O)C1=NCCC1)C(C)C)([CH2]CCC)[CH2]CCC.CCC[CH2][Sn](/[CH]=C/CNC(=O)/C=C/[C@@H](C)[C@H](OC(=O)C1CCCC1)C(C)C)([CH2]CCC)[CH2]CCC.O=Ic1ccccc1. The van der Waals surface area contributed by atoms with E-state index in [1.165, 1.54) is 104 Å². The number of aliphatic imine (C=N–C) groups is 1. The minimum atomic E-state index is -2.29. The average molecular weight is 1410 g/mol. The molecule has 4 atom stereocenters. The van der Waals surface area contributed by atoms with Gasteiger partial charge >= 0.3 is 392 Å². The molecule has 2 N–H and O–H groups in total. The molecule has 0 unspecified atom stereocenters. The van der Waals surface area contributed by atoms with Crippen LogP contribution in [0.3, 0.4) is 0 Å². The predicted octanol–water partition coefficient (Wildman–Crippen LogP) is 17.2. The third-order valence-electron chi connectivity index (χ3n) is 15.5. The van der Waals surface area contributed by atoms with E-state index in [4.69, 9.17) is 9.47 Å². The molecule has 3 rings (SSSR count). The summed E-state index contributed by atoms with van der Waals surface area (Å²) in [6, 6.07) is 9.46. The number of nitrogens with zero attached hydrogens (tertiary/aromatic N) is 1. The second-order valence-corrected chi connectivity index (χ2v) is 50.8. The summed E-state index contributed by atoms with van der Waals surface area (Å²) in [4.78, 5) is 54.1. The molecular weight excluding hydrogens is 1300 g/mol. The molecule has 78 heavy (non-hydrogen) atoms. The van der Waals surface area contributed by atoms with E-state index < -0.39 is 57.9 Å². The van der Waals surface area contributed by atoms with Gasteiger partial charge in [0.25, 0.3) is 0 Å². The zero-order valence-corrected chi connectivity index (χ0v) is 59.2. The van der Waals surface area contributed by atoms with Crippen molar-refractivity contribution in [2.45, 2.75) is 237 Å². The first-order valence-electron chi connectivity index (χ1n) is 31.0. The Balaban J connectivity index is 0.000000679. The van der Waals surface area contributed by atoms with Gasteiger partial charge in [0.05, 0.1) is 0 Å². The van der Waals surface area contributed by atoms with Crippen LogP contribution in [0, 0.1) is 33.2 Å². The summed E-state index contributed by atoms with van der Waals surface area (Å²) in [7, 11) is 0. The molecule has 444 valence electrons. The normalized spacial score (nSPS) is 15.7. The molecule has 13 heteroatoms. The minimum Gasteiger partial charge on any atom is -0.265 e. The maximum Gasteiger partial charge on any atom is 0.182 e. The Morgan fingerprint density at radius 2 is 1.00 bits per heavy atom. The Hall–Kier alpha value is -2.14. The summed E-state index contributed by atoms with van der Waals surface area (Å²) in [5, 5.41) is 6.07. The molecule has 1 aliphatic heterocycles. The zero-order valence-electron chi connectivity index (χ0n) is 51.3. The first kappa shape index (κ1) is 73.9. The number of amides is 2. The van der Waals surface area contributed by atoms with E-state index in [0.29, 0.717) is 31.8 Å². The van der Waals surface area contributed by atoms with Crippen LogP contribution in [0.1, 0.15) is 199 Å². The molecule has 1 fully saturated rings. The monoisotopic (exact) mass is 1410 g/mol. The fraction of sp³-hybridized carbons (Fsp3) is 0.708. The molecule has 1 aromatic carbocycles. The molecule has 0 bridgehead atoms. The summed E-state index contributed by atoms with van der Waals surface area (Å²) in [5.41, 5.74) is 0.551. The number of carbonyl (C=O) groups is 4. The standard InChI is InChI=1S/C18H28NO3.C17H25N2O3.C6H5IO.6C4H9.2Sn/c1-5-12-19-16(20)11-10-14(4)17(13(2)3)22-18(21)15-8-6-7-9-15;1-5-10-19-15(20)9-8-13(4)16(12(2)3)22-17(21)14-7-6-11-18-14;8-7-6-4-2-1-3-5-6;6*1-3-4-2;;/h1,5,10-11,13-15,17H,6-9,12H2,2-4H3,(H,19,20);1,5,8-9,12-13,16H,6-7,10-11H2,2-4H3,(H,19,20);1-5H;6*1,3-4H2,2H3;;/b5-1?,11-10+;5-1?,9-8+;;;;;;;;;/t14-,17-;13-,16-;;;;;;;;;/m11........./s1. The second kappa shape index (κ2) is 45.4. The first-order chi connectivity index (χ1) is 37.5. The van der Waals surface area contributed by atoms with Gasteiger partial charge < -0.3 is 0 Å². The first-order valence-corrected chi connectivity index (χ1v) is 48.4. The minimum absolute atomic E-state index is 0.00243. The summed E-state index contributed by atoms with van der Waals surface area (Å²) >= 11 is -5.52. The molecule has 2 aliphatic rings. The van der Waals surface area contributed by atoms with Gasteiger partial charge in [0.1, 0.15) is 0 Å². The number of unbranched alkanes of at least 4 members (excludes halogenated alkanes) is 6. The molecule has 0 radical (unpaired) electrons. The fourth-order valence-electron chi connectivity index (χ4n) is 10.6. The number of nitrogens with one attached hydrogen (secondary N) is 2.